The molecule has 2 fully saturated rings. The van der Waals surface area contributed by atoms with Gasteiger partial charge >= 0.3 is 0 Å². The summed E-state index contributed by atoms with van der Waals surface area (Å²) in [5, 5.41) is 3.29. The average Bonchev–Trinajstić information content (AvgIpc) is 2.37. The number of anilines is 1. The van der Waals surface area contributed by atoms with Crippen molar-refractivity contribution in [1.29, 1.82) is 0 Å². The van der Waals surface area contributed by atoms with Gasteiger partial charge in [0.05, 0.1) is 13.4 Å². The monoisotopic (exact) mass is 265 g/mol. The molecule has 0 unspecified atom stereocenters. The molecule has 2 saturated heterocycles. The molecule has 7 nitrogen and oxygen atoms in total. The normalized spacial score (nSPS) is 21.2. The Morgan fingerprint density at radius 3 is 2.63 bits per heavy atom. The Kier molecular flexibility index (Phi) is 3.39. The van der Waals surface area contributed by atoms with Crippen molar-refractivity contribution < 1.29 is 4.74 Å². The highest BCUT2D eigenvalue weighted by Crippen LogP contribution is 2.22. The fourth-order valence-corrected chi connectivity index (χ4v) is 2.62. The van der Waals surface area contributed by atoms with Gasteiger partial charge in [-0.15, -0.1) is 0 Å². The van der Waals surface area contributed by atoms with E-state index in [4.69, 9.17) is 4.74 Å². The Bertz CT molecular complexity index is 491. The summed E-state index contributed by atoms with van der Waals surface area (Å²) < 4.78 is 5.16. The molecule has 0 radical (unpaired) electrons. The minimum absolute atomic E-state index is 0.224. The van der Waals surface area contributed by atoms with Gasteiger partial charge in [-0.25, -0.2) is 4.98 Å². The number of piperazine rings is 1. The lowest BCUT2D eigenvalue weighted by molar-refractivity contribution is 0.137. The van der Waals surface area contributed by atoms with Crippen molar-refractivity contribution in [2.24, 2.45) is 0 Å². The van der Waals surface area contributed by atoms with Crippen molar-refractivity contribution in [1.82, 2.24) is 20.2 Å². The van der Waals surface area contributed by atoms with Crippen LogP contribution in [0, 0.1) is 0 Å². The number of methoxy groups -OCH3 is 1. The molecule has 1 aromatic rings. The van der Waals surface area contributed by atoms with Gasteiger partial charge < -0.3 is 19.9 Å². The molecule has 0 aliphatic carbocycles. The summed E-state index contributed by atoms with van der Waals surface area (Å²) in [5.74, 6) is 0.957. The predicted octanol–water partition coefficient (Wildman–Crippen LogP) is -1.13. The molecule has 7 heteroatoms. The van der Waals surface area contributed by atoms with Crippen molar-refractivity contribution in [3.05, 3.63) is 16.7 Å². The Morgan fingerprint density at radius 2 is 2.05 bits per heavy atom. The van der Waals surface area contributed by atoms with Crippen LogP contribution >= 0.6 is 0 Å². The summed E-state index contributed by atoms with van der Waals surface area (Å²) in [4.78, 5) is 23.1. The lowest BCUT2D eigenvalue weighted by atomic mass is 10.1. The van der Waals surface area contributed by atoms with Gasteiger partial charge in [0.15, 0.2) is 5.82 Å². The smallest absolute Gasteiger partial charge is 0.295 e. The maximum atomic E-state index is 11.7. The first-order valence-corrected chi connectivity index (χ1v) is 6.61. The van der Waals surface area contributed by atoms with Gasteiger partial charge in [0.25, 0.3) is 5.56 Å². The van der Waals surface area contributed by atoms with E-state index in [0.717, 1.165) is 39.3 Å². The third-order valence-electron chi connectivity index (χ3n) is 3.89. The first-order chi connectivity index (χ1) is 9.29. The minimum atomic E-state index is -0.224. The van der Waals surface area contributed by atoms with Crippen molar-refractivity contribution >= 4 is 5.82 Å². The van der Waals surface area contributed by atoms with E-state index in [0.29, 0.717) is 17.6 Å². The van der Waals surface area contributed by atoms with Gasteiger partial charge in [0, 0.05) is 45.3 Å². The van der Waals surface area contributed by atoms with Crippen molar-refractivity contribution in [2.75, 3.05) is 51.3 Å². The van der Waals surface area contributed by atoms with Crippen molar-refractivity contribution in [2.45, 2.75) is 6.04 Å². The molecule has 0 amide bonds. The maximum absolute atomic E-state index is 11.7. The molecule has 3 rings (SSSR count). The minimum Gasteiger partial charge on any atom is -0.489 e. The molecule has 1 aromatic heterocycles. The lowest BCUT2D eigenvalue weighted by Crippen LogP contribution is -2.61. The van der Waals surface area contributed by atoms with Crippen LogP contribution in [-0.2, 0) is 0 Å². The Morgan fingerprint density at radius 1 is 1.32 bits per heavy atom. The lowest BCUT2D eigenvalue weighted by Gasteiger charge is -2.43. The molecule has 104 valence electrons. The van der Waals surface area contributed by atoms with Gasteiger partial charge in [-0.05, 0) is 0 Å². The third-order valence-corrected chi connectivity index (χ3v) is 3.89. The van der Waals surface area contributed by atoms with Crippen LogP contribution in [0.15, 0.2) is 11.1 Å². The van der Waals surface area contributed by atoms with E-state index in [1.54, 1.807) is 0 Å². The van der Waals surface area contributed by atoms with Crippen LogP contribution in [0.3, 0.4) is 0 Å². The number of hydrogen-bond acceptors (Lipinski definition) is 6. The quantitative estimate of drug-likeness (QED) is 0.721. The predicted molar refractivity (Wildman–Crippen MR) is 71.9 cm³/mol. The van der Waals surface area contributed by atoms with E-state index < -0.39 is 0 Å². The molecule has 3 heterocycles. The Labute approximate surface area is 111 Å². The zero-order valence-electron chi connectivity index (χ0n) is 11.1. The number of nitrogens with zero attached hydrogens (tertiary/aromatic N) is 3. The molecule has 2 aliphatic heterocycles. The fourth-order valence-electron chi connectivity index (χ4n) is 2.62. The number of H-pyrrole nitrogens is 1. The summed E-state index contributed by atoms with van der Waals surface area (Å²) >= 11 is 0. The fraction of sp³-hybridized carbons (Fsp3) is 0.667. The van der Waals surface area contributed by atoms with Gasteiger partial charge in [0.2, 0.25) is 5.75 Å². The summed E-state index contributed by atoms with van der Waals surface area (Å²) in [6.45, 7) is 5.94. The van der Waals surface area contributed by atoms with Crippen LogP contribution in [0.25, 0.3) is 0 Å². The number of hydrogen-bond donors (Lipinski definition) is 2. The van der Waals surface area contributed by atoms with E-state index in [9.17, 15) is 4.79 Å². The van der Waals surface area contributed by atoms with Gasteiger partial charge in [0.1, 0.15) is 0 Å². The second-order valence-electron chi connectivity index (χ2n) is 4.92. The molecular formula is C12H19N5O2. The van der Waals surface area contributed by atoms with E-state index >= 15 is 0 Å². The first kappa shape index (κ1) is 12.4. The summed E-state index contributed by atoms with van der Waals surface area (Å²) in [6.07, 6.45) is 1.43. The summed E-state index contributed by atoms with van der Waals surface area (Å²) in [5.41, 5.74) is -0.224. The van der Waals surface area contributed by atoms with E-state index in [1.807, 2.05) is 0 Å². The largest absolute Gasteiger partial charge is 0.489 e. The summed E-state index contributed by atoms with van der Waals surface area (Å²) in [7, 11) is 1.51. The zero-order valence-corrected chi connectivity index (χ0v) is 11.1. The molecule has 0 saturated carbocycles. The van der Waals surface area contributed by atoms with Crippen LogP contribution in [0.5, 0.6) is 5.75 Å². The van der Waals surface area contributed by atoms with Crippen LogP contribution < -0.4 is 20.5 Å². The SMILES string of the molecule is COc1c(N2CCN(C3CNC3)CC2)nc[nH]c1=O. The van der Waals surface area contributed by atoms with Crippen molar-refractivity contribution in [3.8, 4) is 5.75 Å². The standard InChI is InChI=1S/C12H19N5O2/c1-19-10-11(14-8-15-12(10)18)17-4-2-16(3-5-17)9-6-13-7-9/h8-9,13H,2-7H2,1H3,(H,14,15,18). The summed E-state index contributed by atoms with van der Waals surface area (Å²) in [6, 6.07) is 0.677. The van der Waals surface area contributed by atoms with Crippen LogP contribution in [-0.4, -0.2) is 67.3 Å². The Balaban J connectivity index is 1.71. The van der Waals surface area contributed by atoms with Gasteiger partial charge in [-0.1, -0.05) is 0 Å². The highest BCUT2D eigenvalue weighted by molar-refractivity contribution is 5.51. The molecule has 0 spiro atoms. The van der Waals surface area contributed by atoms with Crippen molar-refractivity contribution in [3.63, 3.8) is 0 Å². The van der Waals surface area contributed by atoms with Crippen LogP contribution in [0.2, 0.25) is 0 Å². The number of rotatable bonds is 3. The Hall–Kier alpha value is -1.60. The molecule has 0 atom stereocenters. The second kappa shape index (κ2) is 5.18. The van der Waals surface area contributed by atoms with E-state index in [2.05, 4.69) is 25.1 Å². The number of aromatic amines is 1. The van der Waals surface area contributed by atoms with E-state index in [1.165, 1.54) is 13.4 Å². The highest BCUT2D eigenvalue weighted by Gasteiger charge is 2.29. The van der Waals surface area contributed by atoms with Gasteiger partial charge in [-0.3, -0.25) is 9.69 Å². The maximum Gasteiger partial charge on any atom is 0.295 e. The highest BCUT2D eigenvalue weighted by atomic mass is 16.5. The third kappa shape index (κ3) is 2.31. The van der Waals surface area contributed by atoms with E-state index in [-0.39, 0.29) is 5.56 Å². The second-order valence-corrected chi connectivity index (χ2v) is 4.92. The zero-order chi connectivity index (χ0) is 13.2. The van der Waals surface area contributed by atoms with Gasteiger partial charge in [-0.2, -0.15) is 0 Å². The topological polar surface area (TPSA) is 73.5 Å². The number of aromatic nitrogens is 2. The molecule has 2 N–H and O–H groups in total. The molecule has 2 aliphatic rings. The molecular weight excluding hydrogens is 246 g/mol. The number of nitrogens with one attached hydrogen (secondary N) is 2. The van der Waals surface area contributed by atoms with Crippen LogP contribution in [0.1, 0.15) is 0 Å². The number of ether oxygens (including phenoxy) is 1. The van der Waals surface area contributed by atoms with Crippen LogP contribution in [0.4, 0.5) is 5.82 Å². The molecule has 0 aromatic carbocycles. The molecule has 0 bridgehead atoms. The average molecular weight is 265 g/mol. The molecule has 19 heavy (non-hydrogen) atoms. The first-order valence-electron chi connectivity index (χ1n) is 6.61.